The van der Waals surface area contributed by atoms with Crippen LogP contribution in [-0.4, -0.2) is 27.5 Å². The summed E-state index contributed by atoms with van der Waals surface area (Å²) in [5.74, 6) is 0. The van der Waals surface area contributed by atoms with E-state index < -0.39 is 10.0 Å². The minimum atomic E-state index is -3.70. The van der Waals surface area contributed by atoms with E-state index in [9.17, 15) is 8.42 Å². The smallest absolute Gasteiger partial charge is 0.263 e. The maximum Gasteiger partial charge on any atom is 0.263 e. The molecule has 0 saturated carbocycles. The van der Waals surface area contributed by atoms with E-state index in [0.29, 0.717) is 15.2 Å². The van der Waals surface area contributed by atoms with E-state index in [1.165, 1.54) is 18.5 Å². The number of sulfonamides is 1. The van der Waals surface area contributed by atoms with Crippen LogP contribution in [0.3, 0.4) is 0 Å². The highest BCUT2D eigenvalue weighted by Gasteiger charge is 2.16. The molecule has 0 amide bonds. The van der Waals surface area contributed by atoms with Gasteiger partial charge in [0.1, 0.15) is 4.90 Å². The molecule has 5 nitrogen and oxygen atoms in total. The number of pyridine rings is 1. The van der Waals surface area contributed by atoms with Crippen LogP contribution in [0.15, 0.2) is 46.0 Å². The summed E-state index contributed by atoms with van der Waals surface area (Å²) >= 11 is 9.32. The number of nitrogens with zero attached hydrogens (tertiary/aromatic N) is 2. The molecule has 21 heavy (non-hydrogen) atoms. The number of hydrogen-bond acceptors (Lipinski definition) is 4. The van der Waals surface area contributed by atoms with Crippen LogP contribution < -0.4 is 9.62 Å². The van der Waals surface area contributed by atoms with Gasteiger partial charge in [-0.15, -0.1) is 0 Å². The lowest BCUT2D eigenvalue weighted by Gasteiger charge is -2.15. The third kappa shape index (κ3) is 3.87. The molecule has 0 aliphatic carbocycles. The van der Waals surface area contributed by atoms with Crippen LogP contribution in [-0.2, 0) is 10.0 Å². The summed E-state index contributed by atoms with van der Waals surface area (Å²) in [5.41, 5.74) is 1.20. The van der Waals surface area contributed by atoms with Crippen LogP contribution >= 0.6 is 27.5 Å². The molecule has 0 unspecified atom stereocenters. The van der Waals surface area contributed by atoms with Gasteiger partial charge in [0.05, 0.1) is 16.4 Å². The van der Waals surface area contributed by atoms with E-state index in [1.54, 1.807) is 18.2 Å². The van der Waals surface area contributed by atoms with Crippen molar-refractivity contribution in [3.63, 3.8) is 0 Å². The maximum absolute atomic E-state index is 12.3. The zero-order valence-electron chi connectivity index (χ0n) is 11.3. The van der Waals surface area contributed by atoms with Gasteiger partial charge in [-0.1, -0.05) is 11.6 Å². The SMILES string of the molecule is CN(C)c1ccc(NS(=O)(=O)c2cncc(Br)c2)cc1Cl. The van der Waals surface area contributed by atoms with E-state index in [4.69, 9.17) is 11.6 Å². The maximum atomic E-state index is 12.3. The van der Waals surface area contributed by atoms with Crippen LogP contribution in [0, 0.1) is 0 Å². The summed E-state index contributed by atoms with van der Waals surface area (Å²) in [4.78, 5) is 5.77. The second-order valence-electron chi connectivity index (χ2n) is 4.50. The van der Waals surface area contributed by atoms with Crippen LogP contribution in [0.1, 0.15) is 0 Å². The summed E-state index contributed by atoms with van der Waals surface area (Å²) < 4.78 is 27.6. The highest BCUT2D eigenvalue weighted by atomic mass is 79.9. The Balaban J connectivity index is 2.31. The molecule has 0 saturated heterocycles. The second kappa shape index (κ2) is 6.21. The lowest BCUT2D eigenvalue weighted by molar-refractivity contribution is 0.600. The van der Waals surface area contributed by atoms with E-state index in [2.05, 4.69) is 25.6 Å². The number of nitrogens with one attached hydrogen (secondary N) is 1. The van der Waals surface area contributed by atoms with Gasteiger partial charge in [0.15, 0.2) is 0 Å². The lowest BCUT2D eigenvalue weighted by Crippen LogP contribution is -2.14. The first-order valence-corrected chi connectivity index (χ1v) is 8.55. The Morgan fingerprint density at radius 1 is 1.24 bits per heavy atom. The molecule has 0 bridgehead atoms. The van der Waals surface area contributed by atoms with Crippen molar-refractivity contribution in [3.8, 4) is 0 Å². The fourth-order valence-electron chi connectivity index (χ4n) is 1.69. The van der Waals surface area contributed by atoms with Crippen molar-refractivity contribution in [2.75, 3.05) is 23.7 Å². The minimum absolute atomic E-state index is 0.0738. The molecular formula is C13H13BrClN3O2S. The van der Waals surface area contributed by atoms with Crippen molar-refractivity contribution in [2.45, 2.75) is 4.90 Å². The lowest BCUT2D eigenvalue weighted by atomic mass is 10.3. The number of aromatic nitrogens is 1. The molecule has 2 rings (SSSR count). The number of rotatable bonds is 4. The van der Waals surface area contributed by atoms with Crippen molar-refractivity contribution < 1.29 is 8.42 Å². The third-order valence-corrected chi connectivity index (χ3v) is 4.76. The molecule has 2 aromatic rings. The largest absolute Gasteiger partial charge is 0.376 e. The zero-order chi connectivity index (χ0) is 15.6. The predicted octanol–water partition coefficient (Wildman–Crippen LogP) is 3.36. The number of hydrogen-bond donors (Lipinski definition) is 1. The van der Waals surface area contributed by atoms with Crippen LogP contribution in [0.5, 0.6) is 0 Å². The van der Waals surface area contributed by atoms with Gasteiger partial charge in [-0.05, 0) is 40.2 Å². The predicted molar refractivity (Wildman–Crippen MR) is 88.5 cm³/mol. The molecule has 0 fully saturated rings. The summed E-state index contributed by atoms with van der Waals surface area (Å²) in [7, 11) is 0.0183. The van der Waals surface area contributed by atoms with E-state index in [0.717, 1.165) is 5.69 Å². The highest BCUT2D eigenvalue weighted by molar-refractivity contribution is 9.10. The number of halogens is 2. The van der Waals surface area contributed by atoms with Crippen molar-refractivity contribution in [2.24, 2.45) is 0 Å². The fraction of sp³-hybridized carbons (Fsp3) is 0.154. The molecule has 0 radical (unpaired) electrons. The quantitative estimate of drug-likeness (QED) is 0.869. The Morgan fingerprint density at radius 3 is 2.52 bits per heavy atom. The van der Waals surface area contributed by atoms with Crippen molar-refractivity contribution in [1.82, 2.24) is 4.98 Å². The molecule has 112 valence electrons. The molecule has 0 atom stereocenters. The summed E-state index contributed by atoms with van der Waals surface area (Å²) in [6.07, 6.45) is 2.80. The zero-order valence-corrected chi connectivity index (χ0v) is 14.5. The standard InChI is InChI=1S/C13H13BrClN3O2S/c1-18(2)13-4-3-10(6-12(13)15)17-21(19,20)11-5-9(14)7-16-8-11/h3-8,17H,1-2H3. The number of benzene rings is 1. The average Bonchev–Trinajstić information content (AvgIpc) is 2.37. The first kappa shape index (κ1) is 16.1. The Morgan fingerprint density at radius 2 is 1.95 bits per heavy atom. The second-order valence-corrected chi connectivity index (χ2v) is 7.51. The van der Waals surface area contributed by atoms with Crippen molar-refractivity contribution >= 4 is 48.9 Å². The first-order valence-electron chi connectivity index (χ1n) is 5.90. The topological polar surface area (TPSA) is 62.3 Å². The molecule has 0 aliphatic rings. The van der Waals surface area contributed by atoms with Crippen LogP contribution in [0.25, 0.3) is 0 Å². The van der Waals surface area contributed by atoms with Gasteiger partial charge in [-0.25, -0.2) is 8.42 Å². The van der Waals surface area contributed by atoms with Crippen LogP contribution in [0.4, 0.5) is 11.4 Å². The Bertz CT molecular complexity index is 766. The molecule has 0 spiro atoms. The monoisotopic (exact) mass is 389 g/mol. The van der Waals surface area contributed by atoms with Gasteiger partial charge in [-0.2, -0.15) is 0 Å². The molecular weight excluding hydrogens is 378 g/mol. The summed E-state index contributed by atoms with van der Waals surface area (Å²) in [6, 6.07) is 6.45. The van der Waals surface area contributed by atoms with Gasteiger partial charge in [-0.3, -0.25) is 9.71 Å². The Labute approximate surface area is 137 Å². The summed E-state index contributed by atoms with van der Waals surface area (Å²) in [6.45, 7) is 0. The van der Waals surface area contributed by atoms with Crippen molar-refractivity contribution in [3.05, 3.63) is 46.2 Å². The van der Waals surface area contributed by atoms with E-state index in [1.807, 2.05) is 19.0 Å². The summed E-state index contributed by atoms with van der Waals surface area (Å²) in [5, 5.41) is 0.465. The molecule has 1 heterocycles. The Hall–Kier alpha value is -1.31. The normalized spacial score (nSPS) is 11.2. The van der Waals surface area contributed by atoms with Gasteiger partial charge >= 0.3 is 0 Å². The molecule has 1 aromatic carbocycles. The van der Waals surface area contributed by atoms with Gasteiger partial charge in [0.2, 0.25) is 0 Å². The molecule has 1 N–H and O–H groups in total. The fourth-order valence-corrected chi connectivity index (χ4v) is 3.59. The molecule has 0 aliphatic heterocycles. The molecule has 1 aromatic heterocycles. The highest BCUT2D eigenvalue weighted by Crippen LogP contribution is 2.28. The van der Waals surface area contributed by atoms with Gasteiger partial charge < -0.3 is 4.90 Å². The van der Waals surface area contributed by atoms with E-state index in [-0.39, 0.29) is 4.90 Å². The van der Waals surface area contributed by atoms with E-state index >= 15 is 0 Å². The number of anilines is 2. The average molecular weight is 391 g/mol. The van der Waals surface area contributed by atoms with Crippen LogP contribution in [0.2, 0.25) is 5.02 Å². The third-order valence-electron chi connectivity index (χ3n) is 2.67. The van der Waals surface area contributed by atoms with Gasteiger partial charge in [0, 0.05) is 31.0 Å². The Kier molecular flexibility index (Phi) is 4.75. The first-order chi connectivity index (χ1) is 9.79. The van der Waals surface area contributed by atoms with Gasteiger partial charge in [0.25, 0.3) is 10.0 Å². The van der Waals surface area contributed by atoms with Crippen molar-refractivity contribution in [1.29, 1.82) is 0 Å². The molecule has 8 heteroatoms. The minimum Gasteiger partial charge on any atom is -0.376 e.